The predicted molar refractivity (Wildman–Crippen MR) is 105 cm³/mol. The van der Waals surface area contributed by atoms with E-state index in [0.29, 0.717) is 41.5 Å². The summed E-state index contributed by atoms with van der Waals surface area (Å²) in [6.07, 6.45) is 2.16. The largest absolute Gasteiger partial charge is 0.339 e. The first-order chi connectivity index (χ1) is 13.5. The summed E-state index contributed by atoms with van der Waals surface area (Å²) in [7, 11) is -2.27. The molecule has 0 aliphatic rings. The van der Waals surface area contributed by atoms with Crippen molar-refractivity contribution in [3.63, 3.8) is 0 Å². The molecule has 3 aromatic rings. The van der Waals surface area contributed by atoms with Crippen LogP contribution in [0.2, 0.25) is 0 Å². The normalized spacial score (nSPS) is 11.2. The monoisotopic (exact) mass is 400 g/mol. The van der Waals surface area contributed by atoms with Crippen molar-refractivity contribution in [2.45, 2.75) is 24.7 Å². The molecule has 0 fully saturated rings. The van der Waals surface area contributed by atoms with Crippen LogP contribution in [-0.4, -0.2) is 32.0 Å². The van der Waals surface area contributed by atoms with Gasteiger partial charge in [-0.1, -0.05) is 12.1 Å². The maximum Gasteiger partial charge on any atom is 0.264 e. The Balaban J connectivity index is 1.81. The molecule has 28 heavy (non-hydrogen) atoms. The molecule has 146 valence electrons. The Morgan fingerprint density at radius 1 is 1.11 bits per heavy atom. The van der Waals surface area contributed by atoms with E-state index in [9.17, 15) is 13.2 Å². The minimum Gasteiger partial charge on any atom is -0.339 e. The van der Waals surface area contributed by atoms with Crippen LogP contribution in [0.5, 0.6) is 0 Å². The first kappa shape index (κ1) is 19.6. The van der Waals surface area contributed by atoms with E-state index in [4.69, 9.17) is 4.52 Å². The number of nitrogens with one attached hydrogen (secondary N) is 1. The first-order valence-corrected chi connectivity index (χ1v) is 10.1. The lowest BCUT2D eigenvalue weighted by Crippen LogP contribution is -2.26. The van der Waals surface area contributed by atoms with E-state index in [0.717, 1.165) is 6.42 Å². The van der Waals surface area contributed by atoms with Crippen LogP contribution in [0.4, 0.5) is 11.4 Å². The molecule has 0 atom stereocenters. The van der Waals surface area contributed by atoms with E-state index in [2.05, 4.69) is 15.5 Å². The van der Waals surface area contributed by atoms with Gasteiger partial charge in [-0.2, -0.15) is 4.98 Å². The molecular weight excluding hydrogens is 380 g/mol. The Labute approximate surface area is 163 Å². The number of carbonyl (C=O) groups excluding carboxylic acids is 1. The van der Waals surface area contributed by atoms with Crippen LogP contribution in [0.3, 0.4) is 0 Å². The number of carbonyl (C=O) groups is 1. The molecule has 0 saturated heterocycles. The maximum absolute atomic E-state index is 12.9. The molecule has 0 unspecified atom stereocenters. The van der Waals surface area contributed by atoms with Gasteiger partial charge in [0.05, 0.1) is 10.6 Å². The zero-order valence-electron chi connectivity index (χ0n) is 15.5. The fourth-order valence-electron chi connectivity index (χ4n) is 2.60. The van der Waals surface area contributed by atoms with E-state index in [1.54, 1.807) is 36.4 Å². The number of rotatable bonds is 8. The van der Waals surface area contributed by atoms with Gasteiger partial charge in [0, 0.05) is 24.7 Å². The molecule has 0 bridgehead atoms. The number of aryl methyl sites for hydroxylation is 1. The summed E-state index contributed by atoms with van der Waals surface area (Å²) in [5, 5.41) is 6.43. The third-order valence-corrected chi connectivity index (χ3v) is 5.96. The molecule has 0 aliphatic heterocycles. The standard InChI is InChI=1S/C19H20N4O4S/c1-3-4-18-21-19(22-27-18)14-5-11-17(12-6-14)28(25,26)23(2)16-9-7-15(8-10-16)20-13-24/h5-13H,3-4H2,1-2H3,(H,20,24). The minimum atomic E-state index is -3.74. The lowest BCUT2D eigenvalue weighted by atomic mass is 10.2. The summed E-state index contributed by atoms with van der Waals surface area (Å²) in [5.41, 5.74) is 1.73. The van der Waals surface area contributed by atoms with Crippen LogP contribution >= 0.6 is 0 Å². The average Bonchev–Trinajstić information content (AvgIpc) is 3.17. The fourth-order valence-corrected chi connectivity index (χ4v) is 3.79. The maximum atomic E-state index is 12.9. The van der Waals surface area contributed by atoms with Gasteiger partial charge >= 0.3 is 0 Å². The highest BCUT2D eigenvalue weighted by Gasteiger charge is 2.21. The second kappa shape index (κ2) is 8.22. The number of nitrogens with zero attached hydrogens (tertiary/aromatic N) is 3. The minimum absolute atomic E-state index is 0.145. The zero-order valence-corrected chi connectivity index (χ0v) is 16.3. The predicted octanol–water partition coefficient (Wildman–Crippen LogP) is 3.08. The number of sulfonamides is 1. The van der Waals surface area contributed by atoms with Gasteiger partial charge in [-0.15, -0.1) is 0 Å². The molecule has 1 heterocycles. The van der Waals surface area contributed by atoms with Crippen molar-refractivity contribution in [3.05, 3.63) is 54.4 Å². The third-order valence-electron chi connectivity index (χ3n) is 4.16. The molecule has 1 N–H and O–H groups in total. The summed E-state index contributed by atoms with van der Waals surface area (Å²) >= 11 is 0. The van der Waals surface area contributed by atoms with Gasteiger partial charge in [-0.3, -0.25) is 9.10 Å². The number of amides is 1. The smallest absolute Gasteiger partial charge is 0.264 e. The summed E-state index contributed by atoms with van der Waals surface area (Å²) in [6.45, 7) is 2.02. The fraction of sp³-hybridized carbons (Fsp3) is 0.211. The van der Waals surface area contributed by atoms with Gasteiger partial charge in [-0.25, -0.2) is 8.42 Å². The molecule has 3 rings (SSSR count). The van der Waals surface area contributed by atoms with Crippen molar-refractivity contribution >= 4 is 27.8 Å². The van der Waals surface area contributed by atoms with Crippen LogP contribution in [0, 0.1) is 0 Å². The van der Waals surface area contributed by atoms with Gasteiger partial charge in [-0.05, 0) is 55.0 Å². The lowest BCUT2D eigenvalue weighted by Gasteiger charge is -2.20. The molecule has 0 spiro atoms. The van der Waals surface area contributed by atoms with Crippen LogP contribution < -0.4 is 9.62 Å². The molecule has 0 radical (unpaired) electrons. The van der Waals surface area contributed by atoms with E-state index < -0.39 is 10.0 Å². The van der Waals surface area contributed by atoms with Crippen molar-refractivity contribution < 1.29 is 17.7 Å². The van der Waals surface area contributed by atoms with Crippen molar-refractivity contribution in [1.82, 2.24) is 10.1 Å². The highest BCUT2D eigenvalue weighted by Crippen LogP contribution is 2.25. The van der Waals surface area contributed by atoms with Gasteiger partial charge in [0.15, 0.2) is 0 Å². The van der Waals surface area contributed by atoms with Gasteiger partial charge < -0.3 is 9.84 Å². The molecule has 0 aliphatic carbocycles. The van der Waals surface area contributed by atoms with Crippen molar-refractivity contribution in [2.75, 3.05) is 16.7 Å². The lowest BCUT2D eigenvalue weighted by molar-refractivity contribution is -0.105. The van der Waals surface area contributed by atoms with E-state index in [1.807, 2.05) is 6.92 Å². The molecule has 0 saturated carbocycles. The van der Waals surface area contributed by atoms with E-state index in [-0.39, 0.29) is 4.90 Å². The van der Waals surface area contributed by atoms with Gasteiger partial charge in [0.25, 0.3) is 10.0 Å². The highest BCUT2D eigenvalue weighted by atomic mass is 32.2. The molecule has 9 heteroatoms. The Morgan fingerprint density at radius 2 is 1.79 bits per heavy atom. The molecule has 1 aromatic heterocycles. The topological polar surface area (TPSA) is 105 Å². The van der Waals surface area contributed by atoms with E-state index >= 15 is 0 Å². The van der Waals surface area contributed by atoms with Gasteiger partial charge in [0.2, 0.25) is 18.1 Å². The number of anilines is 2. The molecule has 1 amide bonds. The highest BCUT2D eigenvalue weighted by molar-refractivity contribution is 7.92. The summed E-state index contributed by atoms with van der Waals surface area (Å²) < 4.78 is 32.1. The second-order valence-corrected chi connectivity index (χ2v) is 8.04. The Bertz CT molecular complexity index is 1040. The van der Waals surface area contributed by atoms with E-state index in [1.165, 1.54) is 23.5 Å². The summed E-state index contributed by atoms with van der Waals surface area (Å²) in [6, 6.07) is 12.8. The average molecular weight is 400 g/mol. The van der Waals surface area contributed by atoms with Crippen molar-refractivity contribution in [1.29, 1.82) is 0 Å². The Morgan fingerprint density at radius 3 is 2.39 bits per heavy atom. The summed E-state index contributed by atoms with van der Waals surface area (Å²) in [5.74, 6) is 0.987. The molecule has 8 nitrogen and oxygen atoms in total. The number of benzene rings is 2. The Hall–Kier alpha value is -3.20. The van der Waals surface area contributed by atoms with Gasteiger partial charge in [0.1, 0.15) is 0 Å². The second-order valence-electron chi connectivity index (χ2n) is 6.07. The third kappa shape index (κ3) is 4.04. The quantitative estimate of drug-likeness (QED) is 0.583. The first-order valence-electron chi connectivity index (χ1n) is 8.68. The molecule has 2 aromatic carbocycles. The zero-order chi connectivity index (χ0) is 20.1. The van der Waals surface area contributed by atoms with Crippen LogP contribution in [0.1, 0.15) is 19.2 Å². The molecular formula is C19H20N4O4S. The SMILES string of the molecule is CCCc1nc(-c2ccc(S(=O)(=O)N(C)c3ccc(NC=O)cc3)cc2)no1. The number of hydrogen-bond acceptors (Lipinski definition) is 6. The van der Waals surface area contributed by atoms with Crippen LogP contribution in [-0.2, 0) is 21.2 Å². The van der Waals surface area contributed by atoms with Crippen LogP contribution in [0.25, 0.3) is 11.4 Å². The van der Waals surface area contributed by atoms with Crippen molar-refractivity contribution in [2.24, 2.45) is 0 Å². The number of hydrogen-bond donors (Lipinski definition) is 1. The Kier molecular flexibility index (Phi) is 5.74. The van der Waals surface area contributed by atoms with Crippen LogP contribution in [0.15, 0.2) is 57.9 Å². The van der Waals surface area contributed by atoms with Crippen molar-refractivity contribution in [3.8, 4) is 11.4 Å². The summed E-state index contributed by atoms with van der Waals surface area (Å²) in [4.78, 5) is 14.9. The number of aromatic nitrogens is 2.